The van der Waals surface area contributed by atoms with Crippen LogP contribution in [-0.4, -0.2) is 9.78 Å². The van der Waals surface area contributed by atoms with Crippen LogP contribution in [0.25, 0.3) is 0 Å². The molecule has 0 aliphatic carbocycles. The summed E-state index contributed by atoms with van der Waals surface area (Å²) in [6.45, 7) is 5.82. The first kappa shape index (κ1) is 13.5. The number of benzene rings is 1. The van der Waals surface area contributed by atoms with Gasteiger partial charge in [-0.05, 0) is 26.8 Å². The third-order valence-corrected chi connectivity index (χ3v) is 2.96. The predicted molar refractivity (Wildman–Crippen MR) is 71.0 cm³/mol. The van der Waals surface area contributed by atoms with Gasteiger partial charge in [0.1, 0.15) is 0 Å². The minimum atomic E-state index is -0.830. The Labute approximate surface area is 111 Å². The smallest absolute Gasteiger partial charge is 0.164 e. The van der Waals surface area contributed by atoms with Gasteiger partial charge in [-0.2, -0.15) is 5.10 Å². The van der Waals surface area contributed by atoms with Crippen molar-refractivity contribution in [2.75, 3.05) is 5.32 Å². The lowest BCUT2D eigenvalue weighted by molar-refractivity contribution is 0.494. The van der Waals surface area contributed by atoms with Crippen LogP contribution in [0.3, 0.4) is 0 Å². The Kier molecular flexibility index (Phi) is 3.83. The molecule has 1 atom stereocenters. The van der Waals surface area contributed by atoms with Crippen molar-refractivity contribution in [3.8, 4) is 0 Å². The highest BCUT2D eigenvalue weighted by molar-refractivity contribution is 5.41. The standard InChI is InChI=1S/C14H17F2N3/c1-9(2)19-8-11(7-17-19)18-10(3)12-5-4-6-13(15)14(12)16/h4-10,18H,1-3H3. The summed E-state index contributed by atoms with van der Waals surface area (Å²) in [5.74, 6) is -1.64. The first-order valence-electron chi connectivity index (χ1n) is 6.23. The molecule has 0 saturated carbocycles. The highest BCUT2D eigenvalue weighted by Gasteiger charge is 2.14. The molecule has 0 radical (unpaired) electrons. The molecule has 1 N–H and O–H groups in total. The molecule has 0 fully saturated rings. The van der Waals surface area contributed by atoms with Gasteiger partial charge >= 0.3 is 0 Å². The zero-order chi connectivity index (χ0) is 14.0. The normalized spacial score (nSPS) is 12.7. The second-order valence-electron chi connectivity index (χ2n) is 4.81. The quantitative estimate of drug-likeness (QED) is 0.908. The highest BCUT2D eigenvalue weighted by atomic mass is 19.2. The van der Waals surface area contributed by atoms with Gasteiger partial charge in [-0.25, -0.2) is 8.78 Å². The number of nitrogens with one attached hydrogen (secondary N) is 1. The molecule has 1 heterocycles. The summed E-state index contributed by atoms with van der Waals surface area (Å²) < 4.78 is 28.6. The van der Waals surface area contributed by atoms with Gasteiger partial charge < -0.3 is 5.32 Å². The topological polar surface area (TPSA) is 29.9 Å². The Morgan fingerprint density at radius 2 is 1.95 bits per heavy atom. The maximum absolute atomic E-state index is 13.7. The summed E-state index contributed by atoms with van der Waals surface area (Å²) in [4.78, 5) is 0. The molecule has 0 bridgehead atoms. The van der Waals surface area contributed by atoms with Crippen LogP contribution in [0.1, 0.15) is 38.4 Å². The van der Waals surface area contributed by atoms with Crippen LogP contribution in [-0.2, 0) is 0 Å². The number of hydrogen-bond acceptors (Lipinski definition) is 2. The lowest BCUT2D eigenvalue weighted by Gasteiger charge is -2.15. The molecule has 3 nitrogen and oxygen atoms in total. The first-order chi connectivity index (χ1) is 8.99. The predicted octanol–water partition coefficient (Wildman–Crippen LogP) is 3.92. The van der Waals surface area contributed by atoms with E-state index < -0.39 is 11.6 Å². The third-order valence-electron chi connectivity index (χ3n) is 2.96. The van der Waals surface area contributed by atoms with Crippen molar-refractivity contribution in [3.05, 3.63) is 47.8 Å². The number of hydrogen-bond donors (Lipinski definition) is 1. The van der Waals surface area contributed by atoms with E-state index in [1.807, 2.05) is 20.0 Å². The molecule has 0 aliphatic heterocycles. The van der Waals surface area contributed by atoms with Gasteiger partial charge in [-0.15, -0.1) is 0 Å². The number of anilines is 1. The highest BCUT2D eigenvalue weighted by Crippen LogP contribution is 2.23. The molecular weight excluding hydrogens is 248 g/mol. The van der Waals surface area contributed by atoms with Crippen LogP contribution >= 0.6 is 0 Å². The van der Waals surface area contributed by atoms with Gasteiger partial charge in [0.25, 0.3) is 0 Å². The monoisotopic (exact) mass is 265 g/mol. The first-order valence-corrected chi connectivity index (χ1v) is 6.23. The summed E-state index contributed by atoms with van der Waals surface area (Å²) in [6, 6.07) is 4.12. The van der Waals surface area contributed by atoms with E-state index in [0.717, 1.165) is 11.8 Å². The summed E-state index contributed by atoms with van der Waals surface area (Å²) in [5.41, 5.74) is 1.09. The van der Waals surface area contributed by atoms with E-state index in [4.69, 9.17) is 0 Å². The van der Waals surface area contributed by atoms with Crippen LogP contribution in [0.15, 0.2) is 30.6 Å². The fourth-order valence-electron chi connectivity index (χ4n) is 1.88. The van der Waals surface area contributed by atoms with Crippen LogP contribution in [0.2, 0.25) is 0 Å². The average Bonchev–Trinajstić information content (AvgIpc) is 2.81. The molecule has 2 rings (SSSR count). The Morgan fingerprint density at radius 1 is 1.21 bits per heavy atom. The molecule has 19 heavy (non-hydrogen) atoms. The molecule has 0 amide bonds. The van der Waals surface area contributed by atoms with Gasteiger partial charge in [0, 0.05) is 17.8 Å². The molecule has 102 valence electrons. The fourth-order valence-corrected chi connectivity index (χ4v) is 1.88. The van der Waals surface area contributed by atoms with E-state index in [1.54, 1.807) is 23.9 Å². The van der Waals surface area contributed by atoms with E-state index in [1.165, 1.54) is 6.07 Å². The van der Waals surface area contributed by atoms with Gasteiger partial charge in [-0.1, -0.05) is 12.1 Å². The lowest BCUT2D eigenvalue weighted by Crippen LogP contribution is -2.09. The third kappa shape index (κ3) is 2.92. The van der Waals surface area contributed by atoms with Crippen LogP contribution in [0, 0.1) is 11.6 Å². The van der Waals surface area contributed by atoms with Crippen molar-refractivity contribution in [2.45, 2.75) is 32.9 Å². The molecule has 0 aliphatic rings. The van der Waals surface area contributed by atoms with E-state index >= 15 is 0 Å². The molecule has 0 spiro atoms. The minimum Gasteiger partial charge on any atom is -0.376 e. The van der Waals surface area contributed by atoms with E-state index in [0.29, 0.717) is 5.56 Å². The van der Waals surface area contributed by atoms with Crippen molar-refractivity contribution >= 4 is 5.69 Å². The second kappa shape index (κ2) is 5.38. The van der Waals surface area contributed by atoms with Gasteiger partial charge in [0.2, 0.25) is 0 Å². The number of aromatic nitrogens is 2. The second-order valence-corrected chi connectivity index (χ2v) is 4.81. The Hall–Kier alpha value is -1.91. The maximum atomic E-state index is 13.7. The Balaban J connectivity index is 2.16. The van der Waals surface area contributed by atoms with E-state index in [9.17, 15) is 8.78 Å². The maximum Gasteiger partial charge on any atom is 0.164 e. The Bertz CT molecular complexity index is 564. The number of halogens is 2. The Morgan fingerprint density at radius 3 is 2.58 bits per heavy atom. The summed E-state index contributed by atoms with van der Waals surface area (Å²) in [5, 5.41) is 7.30. The molecule has 1 aromatic heterocycles. The van der Waals surface area contributed by atoms with Crippen molar-refractivity contribution in [1.29, 1.82) is 0 Å². The molecule has 1 aromatic carbocycles. The van der Waals surface area contributed by atoms with Gasteiger partial charge in [-0.3, -0.25) is 4.68 Å². The van der Waals surface area contributed by atoms with Crippen LogP contribution in [0.5, 0.6) is 0 Å². The van der Waals surface area contributed by atoms with E-state index in [2.05, 4.69) is 10.4 Å². The van der Waals surface area contributed by atoms with Crippen LogP contribution < -0.4 is 5.32 Å². The average molecular weight is 265 g/mol. The van der Waals surface area contributed by atoms with E-state index in [-0.39, 0.29) is 12.1 Å². The molecule has 5 heteroatoms. The summed E-state index contributed by atoms with van der Waals surface area (Å²) in [7, 11) is 0. The van der Waals surface area contributed by atoms with Crippen molar-refractivity contribution < 1.29 is 8.78 Å². The number of nitrogens with zero attached hydrogens (tertiary/aromatic N) is 2. The fraction of sp³-hybridized carbons (Fsp3) is 0.357. The van der Waals surface area contributed by atoms with Crippen molar-refractivity contribution in [1.82, 2.24) is 9.78 Å². The molecule has 0 saturated heterocycles. The molecule has 2 aromatic rings. The lowest BCUT2D eigenvalue weighted by atomic mass is 10.1. The largest absolute Gasteiger partial charge is 0.376 e. The van der Waals surface area contributed by atoms with Gasteiger partial charge in [0.05, 0.1) is 17.9 Å². The van der Waals surface area contributed by atoms with Crippen molar-refractivity contribution in [3.63, 3.8) is 0 Å². The zero-order valence-electron chi connectivity index (χ0n) is 11.2. The minimum absolute atomic E-state index is 0.261. The van der Waals surface area contributed by atoms with Crippen LogP contribution in [0.4, 0.5) is 14.5 Å². The summed E-state index contributed by atoms with van der Waals surface area (Å²) >= 11 is 0. The molecule has 1 unspecified atom stereocenters. The van der Waals surface area contributed by atoms with Crippen molar-refractivity contribution in [2.24, 2.45) is 0 Å². The number of rotatable bonds is 4. The zero-order valence-corrected chi connectivity index (χ0v) is 11.2. The molecular formula is C14H17F2N3. The SMILES string of the molecule is CC(Nc1cnn(C(C)C)c1)c1cccc(F)c1F. The summed E-state index contributed by atoms with van der Waals surface area (Å²) in [6.07, 6.45) is 3.52. The van der Waals surface area contributed by atoms with Gasteiger partial charge in [0.15, 0.2) is 11.6 Å².